The molecule has 1 aromatic rings. The van der Waals surface area contributed by atoms with Gasteiger partial charge in [0.1, 0.15) is 11.6 Å². The van der Waals surface area contributed by atoms with Crippen molar-refractivity contribution in [3.05, 3.63) is 24.0 Å². The van der Waals surface area contributed by atoms with Gasteiger partial charge in [0.15, 0.2) is 0 Å². The maximum Gasteiger partial charge on any atom is 0.146 e. The summed E-state index contributed by atoms with van der Waals surface area (Å²) < 4.78 is 18.6. The Balaban J connectivity index is 2.79. The maximum atomic E-state index is 13.5. The molecule has 0 saturated carbocycles. The topological polar surface area (TPSA) is 21.3 Å². The first kappa shape index (κ1) is 12.8. The molecule has 0 spiro atoms. The van der Waals surface area contributed by atoms with Gasteiger partial charge in [-0.15, -0.1) is 0 Å². The van der Waals surface area contributed by atoms with Crippen molar-refractivity contribution < 1.29 is 9.13 Å². The zero-order valence-corrected chi connectivity index (χ0v) is 10.4. The number of benzene rings is 1. The summed E-state index contributed by atoms with van der Waals surface area (Å²) in [4.78, 5) is 0. The number of hydrogen-bond donors (Lipinski definition) is 1. The van der Waals surface area contributed by atoms with Crippen LogP contribution in [0.1, 0.15) is 27.2 Å². The second-order valence-electron chi connectivity index (χ2n) is 4.16. The average Bonchev–Trinajstić information content (AvgIpc) is 2.30. The van der Waals surface area contributed by atoms with Crippen molar-refractivity contribution in [1.29, 1.82) is 0 Å². The Morgan fingerprint density at radius 2 is 2.06 bits per heavy atom. The molecule has 1 N–H and O–H groups in total. The summed E-state index contributed by atoms with van der Waals surface area (Å²) in [7, 11) is 1.58. The van der Waals surface area contributed by atoms with Gasteiger partial charge in [-0.2, -0.15) is 0 Å². The molecule has 0 heterocycles. The van der Waals surface area contributed by atoms with E-state index in [1.54, 1.807) is 19.2 Å². The number of hydrogen-bond acceptors (Lipinski definition) is 2. The van der Waals surface area contributed by atoms with E-state index in [-0.39, 0.29) is 11.9 Å². The Bertz CT molecular complexity index is 341. The second-order valence-corrected chi connectivity index (χ2v) is 4.16. The number of rotatable bonds is 5. The summed E-state index contributed by atoms with van der Waals surface area (Å²) in [6, 6.07) is 4.97. The highest BCUT2D eigenvalue weighted by Crippen LogP contribution is 2.23. The molecular formula is C13H20FNO. The van der Waals surface area contributed by atoms with E-state index in [4.69, 9.17) is 4.74 Å². The summed E-state index contributed by atoms with van der Waals surface area (Å²) in [6.45, 7) is 6.34. The van der Waals surface area contributed by atoms with Crippen molar-refractivity contribution in [3.8, 4) is 5.75 Å². The van der Waals surface area contributed by atoms with Gasteiger partial charge in [0.25, 0.3) is 0 Å². The fraction of sp³-hybridized carbons (Fsp3) is 0.538. The Hall–Kier alpha value is -1.25. The van der Waals surface area contributed by atoms with Gasteiger partial charge in [0.2, 0.25) is 0 Å². The first-order chi connectivity index (χ1) is 7.58. The minimum absolute atomic E-state index is 0.240. The molecule has 2 unspecified atom stereocenters. The molecule has 0 aliphatic heterocycles. The van der Waals surface area contributed by atoms with Crippen LogP contribution in [0.3, 0.4) is 0 Å². The Kier molecular flexibility index (Phi) is 4.59. The van der Waals surface area contributed by atoms with Crippen LogP contribution in [0, 0.1) is 11.7 Å². The van der Waals surface area contributed by atoms with Gasteiger partial charge in [0.05, 0.1) is 12.8 Å². The summed E-state index contributed by atoms with van der Waals surface area (Å²) in [6.07, 6.45) is 1.07. The Morgan fingerprint density at radius 1 is 1.38 bits per heavy atom. The number of anilines is 1. The normalized spacial score (nSPS) is 14.3. The van der Waals surface area contributed by atoms with Crippen LogP contribution in [0.25, 0.3) is 0 Å². The van der Waals surface area contributed by atoms with Crippen molar-refractivity contribution in [2.24, 2.45) is 5.92 Å². The number of halogens is 1. The van der Waals surface area contributed by atoms with Crippen LogP contribution in [0.15, 0.2) is 18.2 Å². The molecule has 90 valence electrons. The molecule has 0 aromatic heterocycles. The van der Waals surface area contributed by atoms with E-state index in [0.717, 1.165) is 6.42 Å². The molecular weight excluding hydrogens is 205 g/mol. The molecule has 1 rings (SSSR count). The standard InChI is InChI=1S/C13H20FNO/c1-5-9(2)10(3)15-13-8-11(16-4)6-7-12(13)14/h6-10,15H,5H2,1-4H3. The SMILES string of the molecule is CCC(C)C(C)Nc1cc(OC)ccc1F. The van der Waals surface area contributed by atoms with Gasteiger partial charge in [0, 0.05) is 12.1 Å². The van der Waals surface area contributed by atoms with E-state index in [2.05, 4.69) is 26.1 Å². The lowest BCUT2D eigenvalue weighted by atomic mass is 10.0. The lowest BCUT2D eigenvalue weighted by Crippen LogP contribution is -2.23. The largest absolute Gasteiger partial charge is 0.497 e. The van der Waals surface area contributed by atoms with Gasteiger partial charge in [-0.3, -0.25) is 0 Å². The number of ether oxygens (including phenoxy) is 1. The van der Waals surface area contributed by atoms with Gasteiger partial charge < -0.3 is 10.1 Å². The van der Waals surface area contributed by atoms with E-state index in [9.17, 15) is 4.39 Å². The molecule has 0 bridgehead atoms. The second kappa shape index (κ2) is 5.73. The highest BCUT2D eigenvalue weighted by molar-refractivity contribution is 5.50. The quantitative estimate of drug-likeness (QED) is 0.825. The van der Waals surface area contributed by atoms with Crippen LogP contribution in [-0.4, -0.2) is 13.2 Å². The monoisotopic (exact) mass is 225 g/mol. The zero-order chi connectivity index (χ0) is 12.1. The van der Waals surface area contributed by atoms with Crippen LogP contribution in [0.5, 0.6) is 5.75 Å². The third kappa shape index (κ3) is 3.12. The van der Waals surface area contributed by atoms with E-state index in [0.29, 0.717) is 17.4 Å². The van der Waals surface area contributed by atoms with Crippen molar-refractivity contribution in [2.75, 3.05) is 12.4 Å². The van der Waals surface area contributed by atoms with Crippen LogP contribution >= 0.6 is 0 Å². The smallest absolute Gasteiger partial charge is 0.146 e. The molecule has 0 fully saturated rings. The van der Waals surface area contributed by atoms with Gasteiger partial charge in [-0.05, 0) is 25.0 Å². The third-order valence-electron chi connectivity index (χ3n) is 3.05. The number of nitrogens with one attached hydrogen (secondary N) is 1. The molecule has 0 amide bonds. The summed E-state index contributed by atoms with van der Waals surface area (Å²) in [5.41, 5.74) is 0.507. The highest BCUT2D eigenvalue weighted by atomic mass is 19.1. The summed E-state index contributed by atoms with van der Waals surface area (Å²) in [5.74, 6) is 0.932. The summed E-state index contributed by atoms with van der Waals surface area (Å²) >= 11 is 0. The molecule has 2 nitrogen and oxygen atoms in total. The van der Waals surface area contributed by atoms with E-state index in [1.165, 1.54) is 6.07 Å². The molecule has 0 radical (unpaired) electrons. The first-order valence-corrected chi connectivity index (χ1v) is 5.68. The summed E-state index contributed by atoms with van der Waals surface area (Å²) in [5, 5.41) is 3.18. The maximum absolute atomic E-state index is 13.5. The van der Waals surface area contributed by atoms with Crippen molar-refractivity contribution >= 4 is 5.69 Å². The Morgan fingerprint density at radius 3 is 2.62 bits per heavy atom. The molecule has 1 aromatic carbocycles. The van der Waals surface area contributed by atoms with Crippen LogP contribution in [0.2, 0.25) is 0 Å². The van der Waals surface area contributed by atoms with Crippen LogP contribution in [0.4, 0.5) is 10.1 Å². The van der Waals surface area contributed by atoms with Crippen molar-refractivity contribution in [3.63, 3.8) is 0 Å². The number of methoxy groups -OCH3 is 1. The fourth-order valence-corrected chi connectivity index (χ4v) is 1.48. The predicted octanol–water partition coefficient (Wildman–Crippen LogP) is 3.68. The third-order valence-corrected chi connectivity index (χ3v) is 3.05. The lowest BCUT2D eigenvalue weighted by Gasteiger charge is -2.21. The zero-order valence-electron chi connectivity index (χ0n) is 10.4. The minimum atomic E-state index is -0.240. The molecule has 0 aliphatic carbocycles. The lowest BCUT2D eigenvalue weighted by molar-refractivity contribution is 0.413. The van der Waals surface area contributed by atoms with Crippen LogP contribution < -0.4 is 10.1 Å². The van der Waals surface area contributed by atoms with Crippen molar-refractivity contribution in [1.82, 2.24) is 0 Å². The molecule has 0 aliphatic rings. The van der Waals surface area contributed by atoms with Gasteiger partial charge in [-0.1, -0.05) is 20.3 Å². The first-order valence-electron chi connectivity index (χ1n) is 5.68. The highest BCUT2D eigenvalue weighted by Gasteiger charge is 2.12. The van der Waals surface area contributed by atoms with E-state index < -0.39 is 0 Å². The van der Waals surface area contributed by atoms with Crippen molar-refractivity contribution in [2.45, 2.75) is 33.2 Å². The van der Waals surface area contributed by atoms with Crippen LogP contribution in [-0.2, 0) is 0 Å². The molecule has 16 heavy (non-hydrogen) atoms. The molecule has 3 heteroatoms. The van der Waals surface area contributed by atoms with E-state index >= 15 is 0 Å². The molecule has 0 saturated heterocycles. The Labute approximate surface area is 96.8 Å². The molecule has 2 atom stereocenters. The van der Waals surface area contributed by atoms with E-state index in [1.807, 2.05) is 0 Å². The predicted molar refractivity (Wildman–Crippen MR) is 65.5 cm³/mol. The minimum Gasteiger partial charge on any atom is -0.497 e. The average molecular weight is 225 g/mol. The fourth-order valence-electron chi connectivity index (χ4n) is 1.48. The van der Waals surface area contributed by atoms with Gasteiger partial charge >= 0.3 is 0 Å². The van der Waals surface area contributed by atoms with Gasteiger partial charge in [-0.25, -0.2) is 4.39 Å².